The number of ether oxygens (including phenoxy) is 1. The summed E-state index contributed by atoms with van der Waals surface area (Å²) in [7, 11) is 4.00. The van der Waals surface area contributed by atoms with Crippen LogP contribution in [0.25, 0.3) is 0 Å². The van der Waals surface area contributed by atoms with Gasteiger partial charge in [-0.25, -0.2) is 0 Å². The molecule has 0 aliphatic carbocycles. The van der Waals surface area contributed by atoms with Crippen LogP contribution >= 0.6 is 11.6 Å². The van der Waals surface area contributed by atoms with E-state index in [0.29, 0.717) is 13.0 Å². The lowest BCUT2D eigenvalue weighted by Gasteiger charge is -2.13. The first-order chi connectivity index (χ1) is 8.52. The van der Waals surface area contributed by atoms with Crippen molar-refractivity contribution in [2.45, 2.75) is 25.1 Å². The average molecular weight is 270 g/mol. The zero-order valence-corrected chi connectivity index (χ0v) is 11.9. The van der Waals surface area contributed by atoms with Crippen molar-refractivity contribution in [1.82, 2.24) is 0 Å². The van der Waals surface area contributed by atoms with E-state index >= 15 is 0 Å². The molecule has 0 radical (unpaired) electrons. The number of esters is 1. The molecule has 0 bridgehead atoms. The molecule has 0 spiro atoms. The lowest BCUT2D eigenvalue weighted by molar-refractivity contribution is -0.143. The Balaban J connectivity index is 2.49. The van der Waals surface area contributed by atoms with Crippen LogP contribution in [-0.2, 0) is 16.0 Å². The van der Waals surface area contributed by atoms with E-state index in [4.69, 9.17) is 16.3 Å². The van der Waals surface area contributed by atoms with Gasteiger partial charge in [-0.05, 0) is 31.0 Å². The zero-order valence-electron chi connectivity index (χ0n) is 11.1. The maximum atomic E-state index is 11.3. The fourth-order valence-electron chi connectivity index (χ4n) is 1.66. The molecule has 1 aromatic carbocycles. The minimum atomic E-state index is -0.234. The Labute approximate surface area is 114 Å². The number of anilines is 1. The van der Waals surface area contributed by atoms with E-state index in [9.17, 15) is 4.79 Å². The molecule has 0 aliphatic heterocycles. The molecule has 1 atom stereocenters. The summed E-state index contributed by atoms with van der Waals surface area (Å²) < 4.78 is 4.87. The molecule has 0 saturated carbocycles. The van der Waals surface area contributed by atoms with Gasteiger partial charge in [0.05, 0.1) is 13.0 Å². The molecule has 1 aromatic rings. The molecule has 18 heavy (non-hydrogen) atoms. The summed E-state index contributed by atoms with van der Waals surface area (Å²) in [6.07, 6.45) is 0.929. The molecule has 1 unspecified atom stereocenters. The number of carbonyl (C=O) groups excluding carboxylic acids is 1. The predicted octanol–water partition coefficient (Wildman–Crippen LogP) is 2.86. The highest BCUT2D eigenvalue weighted by Crippen LogP contribution is 2.16. The maximum absolute atomic E-state index is 11.3. The normalized spacial score (nSPS) is 12.0. The van der Waals surface area contributed by atoms with Crippen molar-refractivity contribution < 1.29 is 9.53 Å². The molecule has 0 aromatic heterocycles. The molecular formula is C14H20ClNO2. The van der Waals surface area contributed by atoms with Gasteiger partial charge in [-0.15, -0.1) is 11.6 Å². The number of hydrogen-bond donors (Lipinski definition) is 0. The average Bonchev–Trinajstić information content (AvgIpc) is 2.29. The van der Waals surface area contributed by atoms with E-state index in [-0.39, 0.29) is 17.8 Å². The molecule has 0 saturated heterocycles. The van der Waals surface area contributed by atoms with Crippen LogP contribution in [0, 0.1) is 0 Å². The molecule has 0 heterocycles. The molecule has 0 aliphatic rings. The van der Waals surface area contributed by atoms with Crippen molar-refractivity contribution >= 4 is 23.3 Å². The second-order valence-corrected chi connectivity index (χ2v) is 4.99. The third kappa shape index (κ3) is 4.96. The lowest BCUT2D eigenvalue weighted by Crippen LogP contribution is -2.13. The van der Waals surface area contributed by atoms with E-state index in [1.807, 2.05) is 43.3 Å². The van der Waals surface area contributed by atoms with Crippen molar-refractivity contribution in [2.75, 3.05) is 25.6 Å². The minimum absolute atomic E-state index is 0.214. The van der Waals surface area contributed by atoms with Gasteiger partial charge < -0.3 is 9.64 Å². The fourth-order valence-corrected chi connectivity index (χ4v) is 1.96. The monoisotopic (exact) mass is 269 g/mol. The van der Waals surface area contributed by atoms with Gasteiger partial charge >= 0.3 is 5.97 Å². The van der Waals surface area contributed by atoms with Gasteiger partial charge in [-0.2, -0.15) is 0 Å². The Morgan fingerprint density at radius 3 is 2.44 bits per heavy atom. The van der Waals surface area contributed by atoms with Crippen LogP contribution in [-0.4, -0.2) is 32.0 Å². The summed E-state index contributed by atoms with van der Waals surface area (Å²) in [4.78, 5) is 13.3. The quantitative estimate of drug-likeness (QED) is 0.588. The van der Waals surface area contributed by atoms with Gasteiger partial charge in [0.1, 0.15) is 0 Å². The van der Waals surface area contributed by atoms with Crippen LogP contribution in [0.5, 0.6) is 0 Å². The Hall–Kier alpha value is -1.22. The van der Waals surface area contributed by atoms with Crippen LogP contribution in [0.4, 0.5) is 5.69 Å². The molecule has 0 N–H and O–H groups in total. The number of rotatable bonds is 6. The molecule has 0 amide bonds. The summed E-state index contributed by atoms with van der Waals surface area (Å²) in [5.41, 5.74) is 2.28. The fraction of sp³-hybridized carbons (Fsp3) is 0.500. The Morgan fingerprint density at radius 1 is 1.33 bits per heavy atom. The standard InChI is InChI=1S/C14H20ClNO2/c1-4-18-14(17)10-12(15)9-11-5-7-13(8-6-11)16(2)3/h5-8,12H,4,9-10H2,1-3H3. The Bertz CT molecular complexity index is 376. The third-order valence-corrected chi connectivity index (χ3v) is 2.91. The van der Waals surface area contributed by atoms with Crippen LogP contribution in [0.3, 0.4) is 0 Å². The SMILES string of the molecule is CCOC(=O)CC(Cl)Cc1ccc(N(C)C)cc1. The summed E-state index contributed by atoms with van der Waals surface area (Å²) in [6.45, 7) is 2.20. The van der Waals surface area contributed by atoms with E-state index in [1.54, 1.807) is 6.92 Å². The number of nitrogens with zero attached hydrogens (tertiary/aromatic N) is 1. The number of carbonyl (C=O) groups is 1. The summed E-state index contributed by atoms with van der Waals surface area (Å²) >= 11 is 6.14. The second kappa shape index (κ2) is 7.27. The van der Waals surface area contributed by atoms with Gasteiger partial charge in [-0.1, -0.05) is 12.1 Å². The molecule has 0 fully saturated rings. The van der Waals surface area contributed by atoms with Crippen molar-refractivity contribution in [3.8, 4) is 0 Å². The first kappa shape index (κ1) is 14.8. The predicted molar refractivity (Wildman–Crippen MR) is 75.4 cm³/mol. The highest BCUT2D eigenvalue weighted by Gasteiger charge is 2.12. The smallest absolute Gasteiger partial charge is 0.307 e. The zero-order chi connectivity index (χ0) is 13.5. The van der Waals surface area contributed by atoms with E-state index in [2.05, 4.69) is 0 Å². The molecule has 1 rings (SSSR count). The van der Waals surface area contributed by atoms with Crippen molar-refractivity contribution in [1.29, 1.82) is 0 Å². The van der Waals surface area contributed by atoms with Crippen LogP contribution in [0.2, 0.25) is 0 Å². The van der Waals surface area contributed by atoms with Gasteiger partial charge in [0.2, 0.25) is 0 Å². The minimum Gasteiger partial charge on any atom is -0.466 e. The summed E-state index contributed by atoms with van der Waals surface area (Å²) in [5.74, 6) is -0.234. The number of halogens is 1. The summed E-state index contributed by atoms with van der Waals surface area (Å²) in [6, 6.07) is 8.17. The van der Waals surface area contributed by atoms with Crippen molar-refractivity contribution in [2.24, 2.45) is 0 Å². The van der Waals surface area contributed by atoms with Crippen LogP contribution in [0.15, 0.2) is 24.3 Å². The number of alkyl halides is 1. The molecule has 100 valence electrons. The van der Waals surface area contributed by atoms with Gasteiger partial charge in [-0.3, -0.25) is 4.79 Å². The van der Waals surface area contributed by atoms with Crippen molar-refractivity contribution in [3.63, 3.8) is 0 Å². The third-order valence-electron chi connectivity index (χ3n) is 2.60. The number of benzene rings is 1. The first-order valence-corrected chi connectivity index (χ1v) is 6.52. The van der Waals surface area contributed by atoms with Gasteiger partial charge in [0.25, 0.3) is 0 Å². The van der Waals surface area contributed by atoms with E-state index < -0.39 is 0 Å². The molecular weight excluding hydrogens is 250 g/mol. The summed E-state index contributed by atoms with van der Waals surface area (Å²) in [5, 5.41) is -0.214. The molecule has 4 heteroatoms. The largest absolute Gasteiger partial charge is 0.466 e. The lowest BCUT2D eigenvalue weighted by atomic mass is 10.1. The Kier molecular flexibility index (Phi) is 5.99. The first-order valence-electron chi connectivity index (χ1n) is 6.09. The molecule has 3 nitrogen and oxygen atoms in total. The second-order valence-electron chi connectivity index (χ2n) is 4.37. The van der Waals surface area contributed by atoms with Gasteiger partial charge in [0, 0.05) is 25.2 Å². The van der Waals surface area contributed by atoms with E-state index in [1.165, 1.54) is 0 Å². The van der Waals surface area contributed by atoms with Crippen LogP contribution in [0.1, 0.15) is 18.9 Å². The topological polar surface area (TPSA) is 29.5 Å². The van der Waals surface area contributed by atoms with Gasteiger partial charge in [0.15, 0.2) is 0 Å². The van der Waals surface area contributed by atoms with Crippen molar-refractivity contribution in [3.05, 3.63) is 29.8 Å². The highest BCUT2D eigenvalue weighted by atomic mass is 35.5. The highest BCUT2D eigenvalue weighted by molar-refractivity contribution is 6.21. The maximum Gasteiger partial charge on any atom is 0.307 e. The van der Waals surface area contributed by atoms with E-state index in [0.717, 1.165) is 11.3 Å². The number of hydrogen-bond acceptors (Lipinski definition) is 3. The van der Waals surface area contributed by atoms with Crippen LogP contribution < -0.4 is 4.90 Å². The Morgan fingerprint density at radius 2 is 1.94 bits per heavy atom.